The smallest absolute Gasteiger partial charge is 0.220 e. The van der Waals surface area contributed by atoms with Crippen molar-refractivity contribution < 1.29 is 9.90 Å². The Morgan fingerprint density at radius 3 is 2.55 bits per heavy atom. The van der Waals surface area contributed by atoms with Gasteiger partial charge in [-0.1, -0.05) is 44.2 Å². The lowest BCUT2D eigenvalue weighted by atomic mass is 10.1. The minimum atomic E-state index is -0.206. The Morgan fingerprint density at radius 2 is 1.95 bits per heavy atom. The molecule has 0 bridgehead atoms. The third-order valence-electron chi connectivity index (χ3n) is 3.04. The number of rotatable bonds is 9. The van der Waals surface area contributed by atoms with Gasteiger partial charge in [0.15, 0.2) is 0 Å². The first-order valence-corrected chi connectivity index (χ1v) is 7.29. The number of nitrogens with one attached hydrogen (secondary N) is 2. The minimum Gasteiger partial charge on any atom is -0.394 e. The summed E-state index contributed by atoms with van der Waals surface area (Å²) in [6, 6.07) is 10.1. The Balaban J connectivity index is 2.27. The maximum atomic E-state index is 11.8. The first-order valence-electron chi connectivity index (χ1n) is 7.29. The van der Waals surface area contributed by atoms with Gasteiger partial charge in [-0.15, -0.1) is 0 Å². The molecule has 0 heterocycles. The molecule has 0 radical (unpaired) electrons. The van der Waals surface area contributed by atoms with E-state index in [-0.39, 0.29) is 18.6 Å². The lowest BCUT2D eigenvalue weighted by Crippen LogP contribution is -2.39. The van der Waals surface area contributed by atoms with Crippen LogP contribution in [0.1, 0.15) is 32.3 Å². The van der Waals surface area contributed by atoms with Gasteiger partial charge in [-0.3, -0.25) is 4.79 Å². The van der Waals surface area contributed by atoms with E-state index in [2.05, 4.69) is 24.5 Å². The van der Waals surface area contributed by atoms with Crippen molar-refractivity contribution in [2.45, 2.75) is 45.2 Å². The number of carbonyl (C=O) groups is 1. The predicted octanol–water partition coefficient (Wildman–Crippen LogP) is 1.48. The van der Waals surface area contributed by atoms with E-state index in [1.807, 2.05) is 30.3 Å². The quantitative estimate of drug-likeness (QED) is 0.600. The molecule has 0 saturated heterocycles. The summed E-state index contributed by atoms with van der Waals surface area (Å²) in [4.78, 5) is 11.8. The summed E-state index contributed by atoms with van der Waals surface area (Å²) in [5.74, 6) is 0.00513. The van der Waals surface area contributed by atoms with Gasteiger partial charge in [0.25, 0.3) is 0 Å². The van der Waals surface area contributed by atoms with Gasteiger partial charge in [-0.2, -0.15) is 0 Å². The first-order chi connectivity index (χ1) is 9.61. The lowest BCUT2D eigenvalue weighted by molar-refractivity contribution is -0.122. The van der Waals surface area contributed by atoms with Crippen LogP contribution in [0.2, 0.25) is 0 Å². The normalized spacial score (nSPS) is 12.4. The molecule has 0 aliphatic carbocycles. The zero-order chi connectivity index (χ0) is 14.8. The Hall–Kier alpha value is -1.39. The SMILES string of the molecule is CC(C)NCCCC(=O)N[C@@H](CO)Cc1ccccc1. The highest BCUT2D eigenvalue weighted by atomic mass is 16.3. The molecule has 0 aromatic heterocycles. The molecule has 0 spiro atoms. The zero-order valence-electron chi connectivity index (χ0n) is 12.4. The van der Waals surface area contributed by atoms with Crippen molar-refractivity contribution in [1.29, 1.82) is 0 Å². The number of hydrogen-bond acceptors (Lipinski definition) is 3. The Morgan fingerprint density at radius 1 is 1.25 bits per heavy atom. The van der Waals surface area contributed by atoms with Gasteiger partial charge < -0.3 is 15.7 Å². The third kappa shape index (κ3) is 7.26. The van der Waals surface area contributed by atoms with E-state index in [0.29, 0.717) is 18.9 Å². The van der Waals surface area contributed by atoms with Crippen molar-refractivity contribution in [2.75, 3.05) is 13.2 Å². The third-order valence-corrected chi connectivity index (χ3v) is 3.04. The molecule has 4 heteroatoms. The fourth-order valence-electron chi connectivity index (χ4n) is 2.00. The van der Waals surface area contributed by atoms with Crippen LogP contribution in [0.5, 0.6) is 0 Å². The number of aliphatic hydroxyl groups is 1. The number of amides is 1. The number of carbonyl (C=O) groups excluding carboxylic acids is 1. The fraction of sp³-hybridized carbons (Fsp3) is 0.562. The predicted molar refractivity (Wildman–Crippen MR) is 81.5 cm³/mol. The summed E-state index contributed by atoms with van der Waals surface area (Å²) in [7, 11) is 0. The van der Waals surface area contributed by atoms with Crippen molar-refractivity contribution in [1.82, 2.24) is 10.6 Å². The second-order valence-corrected chi connectivity index (χ2v) is 5.35. The maximum Gasteiger partial charge on any atom is 0.220 e. The summed E-state index contributed by atoms with van der Waals surface area (Å²) < 4.78 is 0. The Labute approximate surface area is 121 Å². The average molecular weight is 278 g/mol. The van der Waals surface area contributed by atoms with Gasteiger partial charge in [0.2, 0.25) is 5.91 Å². The van der Waals surface area contributed by atoms with Crippen molar-refractivity contribution in [3.8, 4) is 0 Å². The monoisotopic (exact) mass is 278 g/mol. The van der Waals surface area contributed by atoms with Crippen LogP contribution in [0.3, 0.4) is 0 Å². The van der Waals surface area contributed by atoms with E-state index >= 15 is 0 Å². The number of aliphatic hydroxyl groups excluding tert-OH is 1. The number of hydrogen-bond donors (Lipinski definition) is 3. The number of benzene rings is 1. The maximum absolute atomic E-state index is 11.8. The molecule has 3 N–H and O–H groups in total. The van der Waals surface area contributed by atoms with E-state index in [9.17, 15) is 9.90 Å². The van der Waals surface area contributed by atoms with Gasteiger partial charge in [0, 0.05) is 12.5 Å². The van der Waals surface area contributed by atoms with Crippen molar-refractivity contribution in [2.24, 2.45) is 0 Å². The standard InChI is InChI=1S/C16H26N2O2/c1-13(2)17-10-6-9-16(20)18-15(12-19)11-14-7-4-3-5-8-14/h3-5,7-8,13,15,17,19H,6,9-12H2,1-2H3,(H,18,20)/t15-/m1/s1. The second-order valence-electron chi connectivity index (χ2n) is 5.35. The Kier molecular flexibility index (Phi) is 7.92. The minimum absolute atomic E-state index is 0.00513. The van der Waals surface area contributed by atoms with Crippen LogP contribution < -0.4 is 10.6 Å². The van der Waals surface area contributed by atoms with E-state index in [0.717, 1.165) is 18.5 Å². The summed E-state index contributed by atoms with van der Waals surface area (Å²) in [6.07, 6.45) is 1.96. The van der Waals surface area contributed by atoms with Crippen LogP contribution in [-0.2, 0) is 11.2 Å². The summed E-state index contributed by atoms with van der Waals surface area (Å²) in [5.41, 5.74) is 1.12. The van der Waals surface area contributed by atoms with E-state index in [4.69, 9.17) is 0 Å². The molecule has 1 rings (SSSR count). The highest BCUT2D eigenvalue weighted by Gasteiger charge is 2.11. The van der Waals surface area contributed by atoms with Gasteiger partial charge in [0.1, 0.15) is 0 Å². The summed E-state index contributed by atoms with van der Waals surface area (Å²) in [6.45, 7) is 4.97. The zero-order valence-corrected chi connectivity index (χ0v) is 12.4. The molecule has 0 aliphatic rings. The molecule has 20 heavy (non-hydrogen) atoms. The van der Waals surface area contributed by atoms with Crippen molar-refractivity contribution in [3.63, 3.8) is 0 Å². The molecule has 1 atom stereocenters. The van der Waals surface area contributed by atoms with Crippen molar-refractivity contribution in [3.05, 3.63) is 35.9 Å². The van der Waals surface area contributed by atoms with Crippen LogP contribution in [0.25, 0.3) is 0 Å². The van der Waals surface area contributed by atoms with Gasteiger partial charge in [-0.25, -0.2) is 0 Å². The summed E-state index contributed by atoms with van der Waals surface area (Å²) in [5, 5.41) is 15.5. The lowest BCUT2D eigenvalue weighted by Gasteiger charge is -2.16. The van der Waals surface area contributed by atoms with Gasteiger partial charge in [-0.05, 0) is 24.9 Å². The largest absolute Gasteiger partial charge is 0.394 e. The van der Waals surface area contributed by atoms with Crippen LogP contribution >= 0.6 is 0 Å². The first kappa shape index (κ1) is 16.7. The van der Waals surface area contributed by atoms with E-state index < -0.39 is 0 Å². The van der Waals surface area contributed by atoms with Crippen LogP contribution in [0, 0.1) is 0 Å². The highest BCUT2D eigenvalue weighted by molar-refractivity contribution is 5.76. The molecule has 4 nitrogen and oxygen atoms in total. The van der Waals surface area contributed by atoms with Gasteiger partial charge in [0.05, 0.1) is 12.6 Å². The van der Waals surface area contributed by atoms with Crippen LogP contribution in [-0.4, -0.2) is 36.2 Å². The molecule has 0 fully saturated rings. The topological polar surface area (TPSA) is 61.4 Å². The van der Waals surface area contributed by atoms with Crippen molar-refractivity contribution >= 4 is 5.91 Å². The molecule has 0 aliphatic heterocycles. The second kappa shape index (κ2) is 9.50. The van der Waals surface area contributed by atoms with Crippen LogP contribution in [0.4, 0.5) is 0 Å². The average Bonchev–Trinajstić information content (AvgIpc) is 2.44. The van der Waals surface area contributed by atoms with Crippen LogP contribution in [0.15, 0.2) is 30.3 Å². The molecule has 1 aromatic carbocycles. The molecule has 0 saturated carbocycles. The fourth-order valence-corrected chi connectivity index (χ4v) is 2.00. The van der Waals surface area contributed by atoms with Gasteiger partial charge >= 0.3 is 0 Å². The highest BCUT2D eigenvalue weighted by Crippen LogP contribution is 2.03. The molecule has 0 unspecified atom stereocenters. The van der Waals surface area contributed by atoms with E-state index in [1.165, 1.54) is 0 Å². The molecular weight excluding hydrogens is 252 g/mol. The molecular formula is C16H26N2O2. The Bertz CT molecular complexity index is 379. The summed E-state index contributed by atoms with van der Waals surface area (Å²) >= 11 is 0. The molecule has 112 valence electrons. The van der Waals surface area contributed by atoms with E-state index in [1.54, 1.807) is 0 Å². The molecule has 1 amide bonds. The molecule has 1 aromatic rings.